The zero-order valence-corrected chi connectivity index (χ0v) is 11.4. The summed E-state index contributed by atoms with van der Waals surface area (Å²) in [4.78, 5) is 11.4. The third-order valence-electron chi connectivity index (χ3n) is 2.39. The summed E-state index contributed by atoms with van der Waals surface area (Å²) in [5.41, 5.74) is 3.22. The smallest absolute Gasteiger partial charge is 0.228 e. The summed E-state index contributed by atoms with van der Waals surface area (Å²) in [6.07, 6.45) is 0. The summed E-state index contributed by atoms with van der Waals surface area (Å²) in [5, 5.41) is 6.02. The second kappa shape index (κ2) is 5.77. The molecule has 17 heavy (non-hydrogen) atoms. The van der Waals surface area contributed by atoms with Gasteiger partial charge < -0.3 is 10.6 Å². The number of hydrogen-bond donors (Lipinski definition) is 2. The molecule has 3 nitrogen and oxygen atoms in total. The highest BCUT2D eigenvalue weighted by Gasteiger charge is 2.09. The van der Waals surface area contributed by atoms with Gasteiger partial charge in [0, 0.05) is 11.6 Å². The first-order valence-electron chi connectivity index (χ1n) is 5.59. The number of amides is 1. The van der Waals surface area contributed by atoms with Gasteiger partial charge in [-0.25, -0.2) is 0 Å². The van der Waals surface area contributed by atoms with Crippen LogP contribution < -0.4 is 10.6 Å². The molecule has 92 valence electrons. The topological polar surface area (TPSA) is 41.1 Å². The normalized spacial score (nSPS) is 10.2. The van der Waals surface area contributed by atoms with Crippen molar-refractivity contribution in [2.75, 3.05) is 5.32 Å². The molecule has 0 aliphatic carbocycles. The van der Waals surface area contributed by atoms with E-state index in [0.29, 0.717) is 5.11 Å². The van der Waals surface area contributed by atoms with Gasteiger partial charge in [-0.1, -0.05) is 31.5 Å². The van der Waals surface area contributed by atoms with E-state index >= 15 is 0 Å². The first kappa shape index (κ1) is 13.6. The Labute approximate surface area is 108 Å². The van der Waals surface area contributed by atoms with Crippen molar-refractivity contribution in [1.82, 2.24) is 5.32 Å². The molecule has 2 N–H and O–H groups in total. The Morgan fingerprint density at radius 3 is 2.47 bits per heavy atom. The standard InChI is InChI=1S/C13H18N2OS/c1-8(2)12(16)15-13(17)14-11-6-5-9(3)7-10(11)4/h5-8H,1-4H3,(H2,14,15,16,17). The van der Waals surface area contributed by atoms with Gasteiger partial charge in [0.05, 0.1) is 0 Å². The summed E-state index contributed by atoms with van der Waals surface area (Å²) in [6, 6.07) is 6.02. The quantitative estimate of drug-likeness (QED) is 0.793. The van der Waals surface area contributed by atoms with Crippen molar-refractivity contribution in [3.05, 3.63) is 29.3 Å². The first-order valence-corrected chi connectivity index (χ1v) is 6.00. The number of anilines is 1. The van der Waals surface area contributed by atoms with Crippen LogP contribution in [0.3, 0.4) is 0 Å². The SMILES string of the molecule is Cc1ccc(NC(=S)NC(=O)C(C)C)c(C)c1. The number of thiocarbonyl (C=S) groups is 1. The zero-order chi connectivity index (χ0) is 13.0. The molecule has 0 bridgehead atoms. The molecule has 0 unspecified atom stereocenters. The highest BCUT2D eigenvalue weighted by molar-refractivity contribution is 7.80. The average molecular weight is 250 g/mol. The molecule has 1 aromatic carbocycles. The Kier molecular flexibility index (Phi) is 4.63. The predicted molar refractivity (Wildman–Crippen MR) is 75.1 cm³/mol. The Morgan fingerprint density at radius 1 is 1.29 bits per heavy atom. The largest absolute Gasteiger partial charge is 0.332 e. The molecule has 0 radical (unpaired) electrons. The van der Waals surface area contributed by atoms with E-state index in [1.165, 1.54) is 5.56 Å². The maximum atomic E-state index is 11.4. The van der Waals surface area contributed by atoms with Crippen LogP contribution in [-0.4, -0.2) is 11.0 Å². The summed E-state index contributed by atoms with van der Waals surface area (Å²) in [5.74, 6) is -0.152. The van der Waals surface area contributed by atoms with Crippen molar-refractivity contribution >= 4 is 28.9 Å². The highest BCUT2D eigenvalue weighted by Crippen LogP contribution is 2.15. The van der Waals surface area contributed by atoms with Crippen LogP contribution in [0, 0.1) is 19.8 Å². The fraction of sp³-hybridized carbons (Fsp3) is 0.385. The summed E-state index contributed by atoms with van der Waals surface area (Å²) in [7, 11) is 0. The Morgan fingerprint density at radius 2 is 1.94 bits per heavy atom. The average Bonchev–Trinajstić information content (AvgIpc) is 2.22. The van der Waals surface area contributed by atoms with Gasteiger partial charge in [-0.3, -0.25) is 4.79 Å². The molecule has 4 heteroatoms. The number of carbonyl (C=O) groups is 1. The molecule has 1 aromatic rings. The molecular weight excluding hydrogens is 232 g/mol. The van der Waals surface area contributed by atoms with Crippen LogP contribution in [0.25, 0.3) is 0 Å². The summed E-state index contributed by atoms with van der Waals surface area (Å²) >= 11 is 5.08. The van der Waals surface area contributed by atoms with E-state index in [-0.39, 0.29) is 11.8 Å². The van der Waals surface area contributed by atoms with Gasteiger partial charge in [0.15, 0.2) is 5.11 Å². The van der Waals surface area contributed by atoms with Crippen LogP contribution in [0.1, 0.15) is 25.0 Å². The van der Waals surface area contributed by atoms with E-state index in [0.717, 1.165) is 11.3 Å². The maximum absolute atomic E-state index is 11.4. The molecule has 0 spiro atoms. The van der Waals surface area contributed by atoms with Crippen molar-refractivity contribution in [3.8, 4) is 0 Å². The summed E-state index contributed by atoms with van der Waals surface area (Å²) < 4.78 is 0. The van der Waals surface area contributed by atoms with Crippen molar-refractivity contribution < 1.29 is 4.79 Å². The lowest BCUT2D eigenvalue weighted by atomic mass is 10.1. The van der Waals surface area contributed by atoms with E-state index in [2.05, 4.69) is 16.7 Å². The van der Waals surface area contributed by atoms with Gasteiger partial charge >= 0.3 is 0 Å². The minimum absolute atomic E-state index is 0.0751. The van der Waals surface area contributed by atoms with E-state index < -0.39 is 0 Å². The van der Waals surface area contributed by atoms with E-state index in [1.54, 1.807) is 0 Å². The second-order valence-corrected chi connectivity index (χ2v) is 4.82. The first-order chi connectivity index (χ1) is 7.90. The molecule has 0 saturated heterocycles. The highest BCUT2D eigenvalue weighted by atomic mass is 32.1. The van der Waals surface area contributed by atoms with Gasteiger partial charge in [-0.15, -0.1) is 0 Å². The molecule has 0 atom stereocenters. The van der Waals surface area contributed by atoms with E-state index in [4.69, 9.17) is 12.2 Å². The van der Waals surface area contributed by atoms with Crippen LogP contribution in [0.15, 0.2) is 18.2 Å². The van der Waals surface area contributed by atoms with Gasteiger partial charge in [0.1, 0.15) is 0 Å². The van der Waals surface area contributed by atoms with Crippen LogP contribution in [0.4, 0.5) is 5.69 Å². The summed E-state index contributed by atoms with van der Waals surface area (Å²) in [6.45, 7) is 7.70. The Hall–Kier alpha value is -1.42. The second-order valence-electron chi connectivity index (χ2n) is 4.42. The number of nitrogens with one attached hydrogen (secondary N) is 2. The fourth-order valence-electron chi connectivity index (χ4n) is 1.36. The lowest BCUT2D eigenvalue weighted by Crippen LogP contribution is -2.36. The number of hydrogen-bond acceptors (Lipinski definition) is 2. The van der Waals surface area contributed by atoms with Crippen molar-refractivity contribution in [3.63, 3.8) is 0 Å². The van der Waals surface area contributed by atoms with Crippen LogP contribution in [0.2, 0.25) is 0 Å². The maximum Gasteiger partial charge on any atom is 0.228 e. The van der Waals surface area contributed by atoms with Crippen molar-refractivity contribution in [1.29, 1.82) is 0 Å². The van der Waals surface area contributed by atoms with Crippen LogP contribution in [-0.2, 0) is 4.79 Å². The third-order valence-corrected chi connectivity index (χ3v) is 2.60. The minimum atomic E-state index is -0.0766. The molecule has 1 rings (SSSR count). The van der Waals surface area contributed by atoms with Crippen molar-refractivity contribution in [2.45, 2.75) is 27.7 Å². The lowest BCUT2D eigenvalue weighted by molar-refractivity contribution is -0.122. The van der Waals surface area contributed by atoms with E-state index in [1.807, 2.05) is 39.8 Å². The monoisotopic (exact) mass is 250 g/mol. The molecule has 0 heterocycles. The van der Waals surface area contributed by atoms with Gasteiger partial charge in [-0.2, -0.15) is 0 Å². The van der Waals surface area contributed by atoms with E-state index in [9.17, 15) is 4.79 Å². The third kappa shape index (κ3) is 4.15. The molecule has 0 saturated carbocycles. The molecule has 0 aliphatic rings. The predicted octanol–water partition coefficient (Wildman–Crippen LogP) is 2.77. The number of aryl methyl sites for hydroxylation is 2. The Balaban J connectivity index is 2.65. The molecule has 1 amide bonds. The van der Waals surface area contributed by atoms with Crippen LogP contribution in [0.5, 0.6) is 0 Å². The number of benzene rings is 1. The molecule has 0 aromatic heterocycles. The number of carbonyl (C=O) groups excluding carboxylic acids is 1. The molecular formula is C13H18N2OS. The zero-order valence-electron chi connectivity index (χ0n) is 10.6. The van der Waals surface area contributed by atoms with Crippen molar-refractivity contribution in [2.24, 2.45) is 5.92 Å². The van der Waals surface area contributed by atoms with Gasteiger partial charge in [0.2, 0.25) is 5.91 Å². The fourth-order valence-corrected chi connectivity index (χ4v) is 1.57. The van der Waals surface area contributed by atoms with Crippen LogP contribution >= 0.6 is 12.2 Å². The van der Waals surface area contributed by atoms with Gasteiger partial charge in [0.25, 0.3) is 0 Å². The van der Waals surface area contributed by atoms with Gasteiger partial charge in [-0.05, 0) is 37.7 Å². The molecule has 0 fully saturated rings. The minimum Gasteiger partial charge on any atom is -0.332 e. The number of rotatable bonds is 2. The lowest BCUT2D eigenvalue weighted by Gasteiger charge is -2.13. The Bertz CT molecular complexity index is 441. The molecule has 0 aliphatic heterocycles.